The highest BCUT2D eigenvalue weighted by Gasteiger charge is 2.13. The molecule has 4 heteroatoms. The lowest BCUT2D eigenvalue weighted by molar-refractivity contribution is 0.430. The third-order valence-corrected chi connectivity index (χ3v) is 2.43. The molecule has 0 aliphatic heterocycles. The molecule has 0 heterocycles. The molecule has 2 rings (SSSR count). The normalized spacial score (nSPS) is 10.4. The SMILES string of the molecule is Cc1cc(O)cc(-c2c(O)cc(O)cc2O)c1. The molecule has 0 aliphatic rings. The first-order valence-electron chi connectivity index (χ1n) is 5.03. The van der Waals surface area contributed by atoms with Gasteiger partial charge in [-0.2, -0.15) is 0 Å². The Bertz CT molecular complexity index is 532. The van der Waals surface area contributed by atoms with E-state index in [2.05, 4.69) is 0 Å². The predicted octanol–water partition coefficient (Wildman–Crippen LogP) is 2.48. The Hall–Kier alpha value is -2.36. The van der Waals surface area contributed by atoms with Gasteiger partial charge in [0.2, 0.25) is 0 Å². The molecule has 17 heavy (non-hydrogen) atoms. The molecule has 0 atom stereocenters. The maximum absolute atomic E-state index is 9.71. The summed E-state index contributed by atoms with van der Waals surface area (Å²) >= 11 is 0. The number of aryl methyl sites for hydroxylation is 1. The van der Waals surface area contributed by atoms with Gasteiger partial charge in [0.15, 0.2) is 0 Å². The Balaban J connectivity index is 2.68. The summed E-state index contributed by atoms with van der Waals surface area (Å²) in [6, 6.07) is 6.98. The van der Waals surface area contributed by atoms with E-state index in [0.29, 0.717) is 5.56 Å². The summed E-state index contributed by atoms with van der Waals surface area (Å²) in [5.74, 6) is -0.660. The van der Waals surface area contributed by atoms with Gasteiger partial charge < -0.3 is 20.4 Å². The molecule has 0 amide bonds. The summed E-state index contributed by atoms with van der Waals surface area (Å²) in [4.78, 5) is 0. The van der Waals surface area contributed by atoms with Gasteiger partial charge in [-0.25, -0.2) is 0 Å². The average molecular weight is 232 g/mol. The molecule has 0 saturated heterocycles. The fourth-order valence-electron chi connectivity index (χ4n) is 1.80. The molecule has 0 aliphatic carbocycles. The van der Waals surface area contributed by atoms with Crippen LogP contribution in [0.1, 0.15) is 5.56 Å². The lowest BCUT2D eigenvalue weighted by Gasteiger charge is -2.09. The molecular formula is C13H12O4. The number of hydrogen-bond donors (Lipinski definition) is 4. The molecule has 88 valence electrons. The van der Waals surface area contributed by atoms with Gasteiger partial charge in [-0.3, -0.25) is 0 Å². The van der Waals surface area contributed by atoms with E-state index in [1.165, 1.54) is 6.07 Å². The van der Waals surface area contributed by atoms with Crippen LogP contribution in [0.25, 0.3) is 11.1 Å². The van der Waals surface area contributed by atoms with Crippen LogP contribution in [0, 0.1) is 6.92 Å². The summed E-state index contributed by atoms with van der Waals surface area (Å²) in [5.41, 5.74) is 1.46. The smallest absolute Gasteiger partial charge is 0.130 e. The minimum atomic E-state index is -0.243. The number of phenols is 4. The van der Waals surface area contributed by atoms with Gasteiger partial charge in [-0.05, 0) is 30.2 Å². The second-order valence-corrected chi connectivity index (χ2v) is 3.92. The molecule has 0 spiro atoms. The molecule has 0 saturated carbocycles. The Morgan fingerprint density at radius 1 is 0.706 bits per heavy atom. The maximum Gasteiger partial charge on any atom is 0.130 e. The van der Waals surface area contributed by atoms with Crippen molar-refractivity contribution in [2.24, 2.45) is 0 Å². The monoisotopic (exact) mass is 232 g/mol. The van der Waals surface area contributed by atoms with Crippen LogP contribution in [0.2, 0.25) is 0 Å². The Morgan fingerprint density at radius 2 is 1.24 bits per heavy atom. The van der Waals surface area contributed by atoms with Crippen molar-refractivity contribution < 1.29 is 20.4 Å². The number of rotatable bonds is 1. The van der Waals surface area contributed by atoms with E-state index in [0.717, 1.165) is 17.7 Å². The summed E-state index contributed by atoms with van der Waals surface area (Å²) in [6.45, 7) is 1.79. The average Bonchev–Trinajstić information content (AvgIpc) is 2.13. The Morgan fingerprint density at radius 3 is 1.76 bits per heavy atom. The van der Waals surface area contributed by atoms with Gasteiger partial charge in [-0.15, -0.1) is 0 Å². The van der Waals surface area contributed by atoms with E-state index in [4.69, 9.17) is 0 Å². The highest BCUT2D eigenvalue weighted by atomic mass is 16.3. The van der Waals surface area contributed by atoms with Crippen LogP contribution in [-0.4, -0.2) is 20.4 Å². The summed E-state index contributed by atoms with van der Waals surface area (Å²) in [6.07, 6.45) is 0. The third kappa shape index (κ3) is 2.10. The largest absolute Gasteiger partial charge is 0.508 e. The first-order valence-corrected chi connectivity index (χ1v) is 5.03. The van der Waals surface area contributed by atoms with E-state index < -0.39 is 0 Å². The number of benzene rings is 2. The fourth-order valence-corrected chi connectivity index (χ4v) is 1.80. The topological polar surface area (TPSA) is 80.9 Å². The minimum absolute atomic E-state index is 0.0480. The van der Waals surface area contributed by atoms with Gasteiger partial charge in [0.1, 0.15) is 23.0 Å². The number of hydrogen-bond acceptors (Lipinski definition) is 4. The zero-order valence-electron chi connectivity index (χ0n) is 9.18. The zero-order chi connectivity index (χ0) is 12.6. The zero-order valence-corrected chi connectivity index (χ0v) is 9.18. The Labute approximate surface area is 98.0 Å². The van der Waals surface area contributed by atoms with Gasteiger partial charge in [0.25, 0.3) is 0 Å². The minimum Gasteiger partial charge on any atom is -0.508 e. The van der Waals surface area contributed by atoms with Crippen molar-refractivity contribution in [3.63, 3.8) is 0 Å². The van der Waals surface area contributed by atoms with E-state index >= 15 is 0 Å². The molecule has 2 aromatic rings. The van der Waals surface area contributed by atoms with Crippen molar-refractivity contribution in [2.75, 3.05) is 0 Å². The quantitative estimate of drug-likeness (QED) is 0.609. The van der Waals surface area contributed by atoms with Crippen molar-refractivity contribution >= 4 is 0 Å². The second-order valence-electron chi connectivity index (χ2n) is 3.92. The van der Waals surface area contributed by atoms with Gasteiger partial charge in [-0.1, -0.05) is 6.07 Å². The molecule has 4 nitrogen and oxygen atoms in total. The predicted molar refractivity (Wildman–Crippen MR) is 63.3 cm³/mol. The maximum atomic E-state index is 9.71. The molecule has 2 aromatic carbocycles. The van der Waals surface area contributed by atoms with Crippen molar-refractivity contribution in [1.29, 1.82) is 0 Å². The molecule has 0 unspecified atom stereocenters. The van der Waals surface area contributed by atoms with Crippen molar-refractivity contribution in [3.05, 3.63) is 35.9 Å². The highest BCUT2D eigenvalue weighted by molar-refractivity contribution is 5.78. The first kappa shape index (κ1) is 11.1. The number of phenolic OH excluding ortho intramolecular Hbond substituents is 4. The fraction of sp³-hybridized carbons (Fsp3) is 0.0769. The lowest BCUT2D eigenvalue weighted by Crippen LogP contribution is -1.83. The molecule has 0 bridgehead atoms. The van der Waals surface area contributed by atoms with Crippen LogP contribution >= 0.6 is 0 Å². The second kappa shape index (κ2) is 3.90. The van der Waals surface area contributed by atoms with E-state index in [9.17, 15) is 20.4 Å². The standard InChI is InChI=1S/C13H12O4/c1-7-2-8(4-9(14)3-7)13-11(16)5-10(15)6-12(13)17/h2-6,14-17H,1H3. The van der Waals surface area contributed by atoms with Crippen LogP contribution in [0.15, 0.2) is 30.3 Å². The molecule has 0 radical (unpaired) electrons. The third-order valence-electron chi connectivity index (χ3n) is 2.43. The van der Waals surface area contributed by atoms with Crippen molar-refractivity contribution in [3.8, 4) is 34.1 Å². The van der Waals surface area contributed by atoms with Gasteiger partial charge in [0, 0.05) is 12.1 Å². The number of aromatic hydroxyl groups is 4. The van der Waals surface area contributed by atoms with Gasteiger partial charge >= 0.3 is 0 Å². The molecular weight excluding hydrogens is 220 g/mol. The molecule has 0 fully saturated rings. The molecule has 0 aromatic heterocycles. The van der Waals surface area contributed by atoms with Crippen molar-refractivity contribution in [1.82, 2.24) is 0 Å². The van der Waals surface area contributed by atoms with E-state index in [1.54, 1.807) is 19.1 Å². The highest BCUT2D eigenvalue weighted by Crippen LogP contribution is 2.41. The first-order chi connectivity index (χ1) is 7.97. The van der Waals surface area contributed by atoms with Crippen LogP contribution in [-0.2, 0) is 0 Å². The van der Waals surface area contributed by atoms with Gasteiger partial charge in [0.05, 0.1) is 5.56 Å². The lowest BCUT2D eigenvalue weighted by atomic mass is 10.0. The summed E-state index contributed by atoms with van der Waals surface area (Å²) < 4.78 is 0. The summed E-state index contributed by atoms with van der Waals surface area (Å²) in [5, 5.41) is 38.1. The Kier molecular flexibility index (Phi) is 2.55. The van der Waals surface area contributed by atoms with Crippen LogP contribution in [0.3, 0.4) is 0 Å². The van der Waals surface area contributed by atoms with Crippen LogP contribution in [0.5, 0.6) is 23.0 Å². The summed E-state index contributed by atoms with van der Waals surface area (Å²) in [7, 11) is 0. The van der Waals surface area contributed by atoms with E-state index in [-0.39, 0.29) is 28.6 Å². The molecule has 4 N–H and O–H groups in total. The van der Waals surface area contributed by atoms with Crippen LogP contribution in [0.4, 0.5) is 0 Å². The van der Waals surface area contributed by atoms with E-state index in [1.807, 2.05) is 0 Å². The van der Waals surface area contributed by atoms with Crippen LogP contribution < -0.4 is 0 Å². The van der Waals surface area contributed by atoms with Crippen molar-refractivity contribution in [2.45, 2.75) is 6.92 Å².